The molecule has 0 radical (unpaired) electrons. The van der Waals surface area contributed by atoms with Crippen LogP contribution in [0.25, 0.3) is 11.7 Å². The summed E-state index contributed by atoms with van der Waals surface area (Å²) in [6.45, 7) is 3.92. The number of aromatic nitrogens is 2. The number of hydrogen-bond acceptors (Lipinski definition) is 5. The van der Waals surface area contributed by atoms with Crippen molar-refractivity contribution in [2.45, 2.75) is 13.8 Å². The summed E-state index contributed by atoms with van der Waals surface area (Å²) < 4.78 is 11.2. The van der Waals surface area contributed by atoms with Gasteiger partial charge in [0, 0.05) is 5.69 Å². The van der Waals surface area contributed by atoms with Gasteiger partial charge < -0.3 is 14.2 Å². The number of aryl methyl sites for hydroxylation is 2. The molecule has 0 unspecified atom stereocenters. The summed E-state index contributed by atoms with van der Waals surface area (Å²) in [5.74, 6) is 0.588. The Hall–Kier alpha value is -2.61. The van der Waals surface area contributed by atoms with E-state index in [2.05, 4.69) is 36.8 Å². The molecule has 0 aliphatic carbocycles. The quantitative estimate of drug-likeness (QED) is 0.708. The van der Waals surface area contributed by atoms with Crippen LogP contribution in [-0.2, 0) is 0 Å². The Morgan fingerprint density at radius 1 is 1.04 bits per heavy atom. The maximum atomic E-state index is 12.0. The van der Waals surface area contributed by atoms with Crippen molar-refractivity contribution >= 4 is 33.7 Å². The topological polar surface area (TPSA) is 93.2 Å². The van der Waals surface area contributed by atoms with Crippen molar-refractivity contribution < 1.29 is 13.6 Å². The number of carbonyl (C=O) groups excluding carboxylic acids is 1. The second-order valence-corrected chi connectivity index (χ2v) is 5.75. The molecule has 2 aromatic heterocycles. The SMILES string of the molecule is Cc1cc(C)cc(NC(=O)Nc2nnc(-c3ccc(Br)o3)o2)c1. The van der Waals surface area contributed by atoms with E-state index in [1.54, 1.807) is 12.1 Å². The van der Waals surface area contributed by atoms with Gasteiger partial charge >= 0.3 is 12.0 Å². The van der Waals surface area contributed by atoms with Crippen molar-refractivity contribution in [3.8, 4) is 11.7 Å². The van der Waals surface area contributed by atoms with Gasteiger partial charge in [-0.15, -0.1) is 5.10 Å². The highest BCUT2D eigenvalue weighted by Crippen LogP contribution is 2.25. The molecule has 23 heavy (non-hydrogen) atoms. The monoisotopic (exact) mass is 376 g/mol. The lowest BCUT2D eigenvalue weighted by atomic mass is 10.1. The lowest BCUT2D eigenvalue weighted by molar-refractivity contribution is 0.261. The third kappa shape index (κ3) is 3.78. The van der Waals surface area contributed by atoms with Crippen LogP contribution >= 0.6 is 15.9 Å². The zero-order chi connectivity index (χ0) is 16.4. The number of furan rings is 1. The van der Waals surface area contributed by atoms with Gasteiger partial charge in [-0.2, -0.15) is 0 Å². The van der Waals surface area contributed by atoms with Gasteiger partial charge in [0.05, 0.1) is 0 Å². The number of benzene rings is 1. The highest BCUT2D eigenvalue weighted by atomic mass is 79.9. The lowest BCUT2D eigenvalue weighted by Gasteiger charge is -2.06. The van der Waals surface area contributed by atoms with Crippen molar-refractivity contribution in [3.05, 3.63) is 46.1 Å². The summed E-state index contributed by atoms with van der Waals surface area (Å²) in [5, 5.41) is 12.8. The van der Waals surface area contributed by atoms with Crippen molar-refractivity contribution in [1.29, 1.82) is 0 Å². The predicted octanol–water partition coefficient (Wildman–Crippen LogP) is 4.35. The minimum absolute atomic E-state index is 0.0191. The van der Waals surface area contributed by atoms with E-state index in [9.17, 15) is 4.79 Å². The first kappa shape index (κ1) is 15.3. The molecule has 3 rings (SSSR count). The molecule has 0 saturated carbocycles. The number of nitrogens with zero attached hydrogens (tertiary/aromatic N) is 2. The Bertz CT molecular complexity index is 836. The number of urea groups is 1. The van der Waals surface area contributed by atoms with Crippen LogP contribution in [0.3, 0.4) is 0 Å². The van der Waals surface area contributed by atoms with E-state index in [1.807, 2.05) is 32.0 Å². The molecular formula is C15H13BrN4O3. The molecule has 3 aromatic rings. The van der Waals surface area contributed by atoms with E-state index in [0.29, 0.717) is 16.1 Å². The maximum absolute atomic E-state index is 12.0. The Morgan fingerprint density at radius 3 is 2.43 bits per heavy atom. The first-order valence-electron chi connectivity index (χ1n) is 6.75. The van der Waals surface area contributed by atoms with Gasteiger partial charge in [0.2, 0.25) is 0 Å². The number of anilines is 2. The molecule has 118 valence electrons. The average Bonchev–Trinajstić information content (AvgIpc) is 3.06. The molecule has 1 aromatic carbocycles. The highest BCUT2D eigenvalue weighted by molar-refractivity contribution is 9.10. The molecule has 0 aliphatic heterocycles. The summed E-state index contributed by atoms with van der Waals surface area (Å²) in [6.07, 6.45) is 0. The van der Waals surface area contributed by atoms with Gasteiger partial charge in [0.1, 0.15) is 0 Å². The van der Waals surface area contributed by atoms with Crippen LogP contribution in [0.4, 0.5) is 16.5 Å². The van der Waals surface area contributed by atoms with Gasteiger partial charge in [-0.3, -0.25) is 5.32 Å². The van der Waals surface area contributed by atoms with E-state index in [4.69, 9.17) is 8.83 Å². The van der Waals surface area contributed by atoms with Crippen molar-refractivity contribution in [2.75, 3.05) is 10.6 Å². The number of halogens is 1. The minimum Gasteiger partial charge on any atom is -0.444 e. The van der Waals surface area contributed by atoms with Gasteiger partial charge in [0.25, 0.3) is 5.89 Å². The first-order chi connectivity index (χ1) is 11.0. The molecule has 7 nitrogen and oxygen atoms in total. The van der Waals surface area contributed by atoms with E-state index in [0.717, 1.165) is 11.1 Å². The molecule has 0 saturated heterocycles. The standard InChI is InChI=1S/C15H13BrN4O3/c1-8-5-9(2)7-10(6-8)17-14(21)18-15-20-19-13(23-15)11-3-4-12(16)22-11/h3-7H,1-2H3,(H2,17,18,20,21). The molecule has 2 amide bonds. The fourth-order valence-electron chi connectivity index (χ4n) is 2.11. The largest absolute Gasteiger partial charge is 0.444 e. The summed E-state index contributed by atoms with van der Waals surface area (Å²) in [4.78, 5) is 12.0. The van der Waals surface area contributed by atoms with E-state index in [-0.39, 0.29) is 11.9 Å². The van der Waals surface area contributed by atoms with Crippen molar-refractivity contribution in [2.24, 2.45) is 0 Å². The number of carbonyl (C=O) groups is 1. The van der Waals surface area contributed by atoms with Gasteiger partial charge in [-0.05, 0) is 65.2 Å². The van der Waals surface area contributed by atoms with Gasteiger partial charge in [0.15, 0.2) is 10.4 Å². The summed E-state index contributed by atoms with van der Waals surface area (Å²) in [6, 6.07) is 8.66. The first-order valence-corrected chi connectivity index (χ1v) is 7.54. The number of amides is 2. The Kier molecular flexibility index (Phi) is 4.16. The summed E-state index contributed by atoms with van der Waals surface area (Å²) in [5.41, 5.74) is 2.81. The second kappa shape index (κ2) is 6.25. The van der Waals surface area contributed by atoms with Crippen molar-refractivity contribution in [1.82, 2.24) is 10.2 Å². The van der Waals surface area contributed by atoms with Gasteiger partial charge in [-0.25, -0.2) is 4.79 Å². The molecule has 2 N–H and O–H groups in total. The molecule has 0 aliphatic rings. The summed E-state index contributed by atoms with van der Waals surface area (Å²) in [7, 11) is 0. The van der Waals surface area contributed by atoms with Gasteiger partial charge in [-0.1, -0.05) is 11.2 Å². The van der Waals surface area contributed by atoms with Crippen LogP contribution in [0.5, 0.6) is 0 Å². The zero-order valence-corrected chi connectivity index (χ0v) is 14.0. The number of hydrogen-bond donors (Lipinski definition) is 2. The molecule has 8 heteroatoms. The smallest absolute Gasteiger partial charge is 0.327 e. The lowest BCUT2D eigenvalue weighted by Crippen LogP contribution is -2.19. The normalized spacial score (nSPS) is 10.6. The van der Waals surface area contributed by atoms with E-state index < -0.39 is 6.03 Å². The predicted molar refractivity (Wildman–Crippen MR) is 88.3 cm³/mol. The zero-order valence-electron chi connectivity index (χ0n) is 12.4. The van der Waals surface area contributed by atoms with E-state index >= 15 is 0 Å². The molecule has 2 heterocycles. The third-order valence-corrected chi connectivity index (χ3v) is 3.34. The second-order valence-electron chi connectivity index (χ2n) is 4.97. The Balaban J connectivity index is 1.67. The van der Waals surface area contributed by atoms with E-state index in [1.165, 1.54) is 0 Å². The summed E-state index contributed by atoms with van der Waals surface area (Å²) >= 11 is 3.19. The van der Waals surface area contributed by atoms with Crippen LogP contribution in [0.15, 0.2) is 43.8 Å². The molecule has 0 atom stereocenters. The van der Waals surface area contributed by atoms with Crippen LogP contribution in [0, 0.1) is 13.8 Å². The molecule has 0 bridgehead atoms. The number of nitrogens with one attached hydrogen (secondary N) is 2. The fraction of sp³-hybridized carbons (Fsp3) is 0.133. The van der Waals surface area contributed by atoms with Crippen LogP contribution in [-0.4, -0.2) is 16.2 Å². The Labute approximate surface area is 140 Å². The average molecular weight is 377 g/mol. The maximum Gasteiger partial charge on any atom is 0.327 e. The fourth-order valence-corrected chi connectivity index (χ4v) is 2.42. The van der Waals surface area contributed by atoms with Crippen molar-refractivity contribution in [3.63, 3.8) is 0 Å². The minimum atomic E-state index is -0.467. The molecule has 0 spiro atoms. The highest BCUT2D eigenvalue weighted by Gasteiger charge is 2.14. The molecule has 0 fully saturated rings. The third-order valence-electron chi connectivity index (χ3n) is 2.91. The Morgan fingerprint density at radius 2 is 1.78 bits per heavy atom. The van der Waals surface area contributed by atoms with Crippen LogP contribution in [0.2, 0.25) is 0 Å². The van der Waals surface area contributed by atoms with Crippen LogP contribution < -0.4 is 10.6 Å². The van der Waals surface area contributed by atoms with Crippen LogP contribution in [0.1, 0.15) is 11.1 Å². The molecular weight excluding hydrogens is 364 g/mol. The number of rotatable bonds is 3.